The van der Waals surface area contributed by atoms with E-state index in [0.29, 0.717) is 34.6 Å². The summed E-state index contributed by atoms with van der Waals surface area (Å²) < 4.78 is 5.74. The van der Waals surface area contributed by atoms with Crippen molar-refractivity contribution in [3.63, 3.8) is 0 Å². The van der Waals surface area contributed by atoms with Gasteiger partial charge < -0.3 is 20.0 Å². The summed E-state index contributed by atoms with van der Waals surface area (Å²) in [5, 5.41) is 4.83. The number of thiophene rings is 1. The summed E-state index contributed by atoms with van der Waals surface area (Å²) in [7, 11) is 0. The van der Waals surface area contributed by atoms with Gasteiger partial charge in [0.15, 0.2) is 0 Å². The first-order valence-electron chi connectivity index (χ1n) is 7.96. The monoisotopic (exact) mass is 365 g/mol. The molecule has 7 heteroatoms. The van der Waals surface area contributed by atoms with E-state index in [4.69, 9.17) is 4.74 Å². The zero-order chi connectivity index (χ0) is 17.9. The number of benzene rings is 2. The Morgan fingerprint density at radius 1 is 1.04 bits per heavy atom. The number of carbonyl (C=O) groups is 1. The Bertz CT molecular complexity index is 1110. The van der Waals surface area contributed by atoms with Gasteiger partial charge in [0, 0.05) is 16.1 Å². The molecule has 0 radical (unpaired) electrons. The molecule has 2 aromatic carbocycles. The number of fused-ring (bicyclic) bond motifs is 1. The molecule has 0 fully saturated rings. The third-order valence-electron chi connectivity index (χ3n) is 3.83. The maximum Gasteiger partial charge on any atom is 0.323 e. The molecule has 0 atom stereocenters. The number of imidazole rings is 1. The number of amides is 1. The van der Waals surface area contributed by atoms with Crippen molar-refractivity contribution >= 4 is 34.0 Å². The van der Waals surface area contributed by atoms with Crippen LogP contribution in [0.4, 0.5) is 5.69 Å². The van der Waals surface area contributed by atoms with E-state index in [2.05, 4.69) is 15.3 Å². The minimum atomic E-state index is -0.279. The van der Waals surface area contributed by atoms with Gasteiger partial charge in [0.2, 0.25) is 0 Å². The van der Waals surface area contributed by atoms with Crippen molar-refractivity contribution in [1.29, 1.82) is 0 Å². The smallest absolute Gasteiger partial charge is 0.323 e. The Hall–Kier alpha value is -3.32. The average molecular weight is 365 g/mol. The second-order valence-electron chi connectivity index (χ2n) is 5.69. The first-order chi connectivity index (χ1) is 12.7. The van der Waals surface area contributed by atoms with E-state index in [1.807, 2.05) is 23.6 Å². The summed E-state index contributed by atoms with van der Waals surface area (Å²) in [6, 6.07) is 16.2. The Morgan fingerprint density at radius 3 is 2.77 bits per heavy atom. The molecule has 0 bridgehead atoms. The number of nitrogens with one attached hydrogen (secondary N) is 3. The van der Waals surface area contributed by atoms with Gasteiger partial charge in [-0.1, -0.05) is 12.1 Å². The highest BCUT2D eigenvalue weighted by Gasteiger charge is 2.09. The molecule has 26 heavy (non-hydrogen) atoms. The van der Waals surface area contributed by atoms with Gasteiger partial charge in [-0.15, -0.1) is 11.3 Å². The fourth-order valence-electron chi connectivity index (χ4n) is 2.59. The van der Waals surface area contributed by atoms with Crippen molar-refractivity contribution in [3.05, 3.63) is 80.9 Å². The molecule has 6 nitrogen and oxygen atoms in total. The van der Waals surface area contributed by atoms with Crippen molar-refractivity contribution in [1.82, 2.24) is 9.97 Å². The largest absolute Gasteiger partial charge is 0.488 e. The van der Waals surface area contributed by atoms with Crippen LogP contribution in [0.15, 0.2) is 64.8 Å². The van der Waals surface area contributed by atoms with Gasteiger partial charge in [0.25, 0.3) is 5.91 Å². The lowest BCUT2D eigenvalue weighted by Crippen LogP contribution is -2.12. The number of anilines is 1. The Kier molecular flexibility index (Phi) is 4.28. The number of ether oxygens (including phenoxy) is 1. The minimum absolute atomic E-state index is 0.246. The van der Waals surface area contributed by atoms with Crippen molar-refractivity contribution in [2.24, 2.45) is 0 Å². The lowest BCUT2D eigenvalue weighted by Gasteiger charge is -2.08. The average Bonchev–Trinajstić information content (AvgIpc) is 3.28. The van der Waals surface area contributed by atoms with Gasteiger partial charge in [-0.2, -0.15) is 0 Å². The Balaban J connectivity index is 1.48. The van der Waals surface area contributed by atoms with E-state index in [1.165, 1.54) is 0 Å². The lowest BCUT2D eigenvalue weighted by atomic mass is 10.2. The van der Waals surface area contributed by atoms with Gasteiger partial charge in [-0.3, -0.25) is 4.79 Å². The molecule has 0 saturated heterocycles. The van der Waals surface area contributed by atoms with E-state index >= 15 is 0 Å². The van der Waals surface area contributed by atoms with Crippen LogP contribution in [-0.4, -0.2) is 15.9 Å². The van der Waals surface area contributed by atoms with E-state index in [9.17, 15) is 9.59 Å². The molecule has 130 valence electrons. The lowest BCUT2D eigenvalue weighted by molar-refractivity contribution is 0.102. The predicted molar refractivity (Wildman–Crippen MR) is 102 cm³/mol. The van der Waals surface area contributed by atoms with Crippen LogP contribution in [0.3, 0.4) is 0 Å². The normalized spacial score (nSPS) is 10.8. The van der Waals surface area contributed by atoms with Crippen molar-refractivity contribution < 1.29 is 9.53 Å². The molecule has 0 aliphatic rings. The van der Waals surface area contributed by atoms with E-state index in [-0.39, 0.29) is 11.6 Å². The summed E-state index contributed by atoms with van der Waals surface area (Å²) in [4.78, 5) is 30.3. The highest BCUT2D eigenvalue weighted by atomic mass is 32.1. The number of hydrogen-bond acceptors (Lipinski definition) is 4. The molecule has 1 amide bonds. The fraction of sp³-hybridized carbons (Fsp3) is 0.0526. The van der Waals surface area contributed by atoms with Crippen molar-refractivity contribution in [3.8, 4) is 5.75 Å². The summed E-state index contributed by atoms with van der Waals surface area (Å²) in [6.07, 6.45) is 0. The Labute approximate surface area is 152 Å². The molecule has 0 spiro atoms. The zero-order valence-electron chi connectivity index (χ0n) is 13.6. The van der Waals surface area contributed by atoms with Crippen LogP contribution in [0.25, 0.3) is 11.0 Å². The van der Waals surface area contributed by atoms with Gasteiger partial charge >= 0.3 is 5.69 Å². The fourth-order valence-corrected chi connectivity index (χ4v) is 3.21. The second-order valence-corrected chi connectivity index (χ2v) is 6.72. The summed E-state index contributed by atoms with van der Waals surface area (Å²) in [5.74, 6) is 0.389. The third-order valence-corrected chi connectivity index (χ3v) is 4.68. The topological polar surface area (TPSA) is 87.0 Å². The van der Waals surface area contributed by atoms with Crippen LogP contribution in [0, 0.1) is 0 Å². The Morgan fingerprint density at radius 2 is 1.92 bits per heavy atom. The highest BCUT2D eigenvalue weighted by molar-refractivity contribution is 7.09. The van der Waals surface area contributed by atoms with E-state index in [1.54, 1.807) is 47.7 Å². The minimum Gasteiger partial charge on any atom is -0.488 e. The number of rotatable bonds is 5. The summed E-state index contributed by atoms with van der Waals surface area (Å²) >= 11 is 1.62. The molecule has 0 aliphatic heterocycles. The number of hydrogen-bond donors (Lipinski definition) is 3. The SMILES string of the molecule is O=C(Nc1ccc2[nH]c(=O)[nH]c2c1)c1cccc(OCc2cccs2)c1. The second kappa shape index (κ2) is 6.89. The molecule has 3 N–H and O–H groups in total. The molecule has 4 aromatic rings. The van der Waals surface area contributed by atoms with Crippen molar-refractivity contribution in [2.75, 3.05) is 5.32 Å². The molecule has 0 unspecified atom stereocenters. The van der Waals surface area contributed by atoms with Gasteiger partial charge in [-0.25, -0.2) is 4.79 Å². The molecular formula is C19H15N3O3S. The van der Waals surface area contributed by atoms with Crippen LogP contribution in [-0.2, 0) is 6.61 Å². The standard InChI is InChI=1S/C19H15N3O3S/c23-18(20-13-6-7-16-17(10-13)22-19(24)21-16)12-3-1-4-14(9-12)25-11-15-5-2-8-26-15/h1-10H,11H2,(H,20,23)(H2,21,22,24). The molecule has 0 aliphatic carbocycles. The highest BCUT2D eigenvalue weighted by Crippen LogP contribution is 2.19. The maximum absolute atomic E-state index is 12.5. The van der Waals surface area contributed by atoms with Crippen LogP contribution >= 0.6 is 11.3 Å². The van der Waals surface area contributed by atoms with Crippen LogP contribution in [0.5, 0.6) is 5.75 Å². The molecule has 0 saturated carbocycles. The number of H-pyrrole nitrogens is 2. The summed E-state index contributed by atoms with van der Waals surface area (Å²) in [6.45, 7) is 0.472. The zero-order valence-corrected chi connectivity index (χ0v) is 14.4. The molecular weight excluding hydrogens is 350 g/mol. The van der Waals surface area contributed by atoms with Gasteiger partial charge in [0.1, 0.15) is 12.4 Å². The summed E-state index contributed by atoms with van der Waals surface area (Å²) in [5.41, 5.74) is 2.15. The maximum atomic E-state index is 12.5. The quantitative estimate of drug-likeness (QED) is 0.503. The molecule has 4 rings (SSSR count). The van der Waals surface area contributed by atoms with Crippen LogP contribution < -0.4 is 15.7 Å². The number of aromatic amines is 2. The van der Waals surface area contributed by atoms with Crippen molar-refractivity contribution in [2.45, 2.75) is 6.61 Å². The predicted octanol–water partition coefficient (Wildman–Crippen LogP) is 3.75. The van der Waals surface area contributed by atoms with Gasteiger partial charge in [0.05, 0.1) is 11.0 Å². The third kappa shape index (κ3) is 3.52. The number of aromatic nitrogens is 2. The van der Waals surface area contributed by atoms with E-state index in [0.717, 1.165) is 4.88 Å². The molecule has 2 heterocycles. The van der Waals surface area contributed by atoms with Crippen LogP contribution in [0.2, 0.25) is 0 Å². The molecule has 2 aromatic heterocycles. The first kappa shape index (κ1) is 16.2. The number of carbonyl (C=O) groups excluding carboxylic acids is 1. The van der Waals surface area contributed by atoms with E-state index < -0.39 is 0 Å². The first-order valence-corrected chi connectivity index (χ1v) is 8.84. The van der Waals surface area contributed by atoms with Gasteiger partial charge in [-0.05, 0) is 47.8 Å². The van der Waals surface area contributed by atoms with Crippen LogP contribution in [0.1, 0.15) is 15.2 Å².